The fourth-order valence-corrected chi connectivity index (χ4v) is 2.53. The minimum Gasteiger partial charge on any atom is -0.497 e. The summed E-state index contributed by atoms with van der Waals surface area (Å²) in [6, 6.07) is 16.2. The first-order valence-electron chi connectivity index (χ1n) is 6.71. The number of nitrogens with one attached hydrogen (secondary N) is 1. The average molecular weight is 345 g/mol. The molecular weight excluding hydrogens is 328 g/mol. The first-order chi connectivity index (χ1) is 10.1. The highest BCUT2D eigenvalue weighted by molar-refractivity contribution is 9.10. The lowest BCUT2D eigenvalue weighted by molar-refractivity contribution is 0.414. The molecule has 1 unspecified atom stereocenters. The van der Waals surface area contributed by atoms with Crippen molar-refractivity contribution >= 4 is 21.6 Å². The summed E-state index contributed by atoms with van der Waals surface area (Å²) in [6.45, 7) is 2.10. The van der Waals surface area contributed by atoms with Gasteiger partial charge in [0.1, 0.15) is 11.8 Å². The Morgan fingerprint density at radius 3 is 2.57 bits per heavy atom. The minimum atomic E-state index is 0.228. The summed E-state index contributed by atoms with van der Waals surface area (Å²) < 4.78 is 6.06. The van der Waals surface area contributed by atoms with Crippen LogP contribution in [0.4, 0.5) is 5.69 Å². The van der Waals surface area contributed by atoms with Crippen LogP contribution in [0, 0.1) is 11.3 Å². The van der Waals surface area contributed by atoms with E-state index in [1.807, 2.05) is 30.3 Å². The lowest BCUT2D eigenvalue weighted by atomic mass is 10.1. The number of benzene rings is 2. The highest BCUT2D eigenvalue weighted by Gasteiger charge is 2.08. The fourth-order valence-electron chi connectivity index (χ4n) is 2.17. The third kappa shape index (κ3) is 4.24. The smallest absolute Gasteiger partial charge is 0.118 e. The molecule has 1 N–H and O–H groups in total. The van der Waals surface area contributed by atoms with Crippen molar-refractivity contribution in [3.63, 3.8) is 0 Å². The van der Waals surface area contributed by atoms with E-state index < -0.39 is 0 Å². The average Bonchev–Trinajstić information content (AvgIpc) is 2.49. The largest absolute Gasteiger partial charge is 0.497 e. The van der Waals surface area contributed by atoms with Gasteiger partial charge < -0.3 is 10.1 Å². The molecule has 0 saturated carbocycles. The molecule has 21 heavy (non-hydrogen) atoms. The lowest BCUT2D eigenvalue weighted by Gasteiger charge is -2.16. The number of halogens is 1. The highest BCUT2D eigenvalue weighted by Crippen LogP contribution is 2.22. The standard InChI is InChI=1S/C17H17BrN2O/c1-12(9-13-3-6-16(21-2)7-4-13)20-17-8-5-15(18)10-14(17)11-19/h3-8,10,12,20H,9H2,1-2H3. The molecule has 0 amide bonds. The van der Waals surface area contributed by atoms with E-state index in [2.05, 4.69) is 46.4 Å². The first kappa shape index (κ1) is 15.4. The first-order valence-corrected chi connectivity index (χ1v) is 7.51. The predicted molar refractivity (Wildman–Crippen MR) is 88.6 cm³/mol. The second kappa shape index (κ2) is 7.14. The Balaban J connectivity index is 2.04. The topological polar surface area (TPSA) is 45.0 Å². The van der Waals surface area contributed by atoms with Crippen LogP contribution in [0.15, 0.2) is 46.9 Å². The number of hydrogen-bond acceptors (Lipinski definition) is 3. The van der Waals surface area contributed by atoms with Crippen molar-refractivity contribution < 1.29 is 4.74 Å². The number of anilines is 1. The molecule has 1 atom stereocenters. The van der Waals surface area contributed by atoms with E-state index in [0.717, 1.165) is 22.3 Å². The Bertz CT molecular complexity index is 647. The summed E-state index contributed by atoms with van der Waals surface area (Å²) in [5.74, 6) is 0.860. The molecule has 0 aliphatic heterocycles. The zero-order valence-electron chi connectivity index (χ0n) is 12.1. The Hall–Kier alpha value is -1.99. The van der Waals surface area contributed by atoms with Gasteiger partial charge in [0.05, 0.1) is 18.4 Å². The minimum absolute atomic E-state index is 0.228. The van der Waals surface area contributed by atoms with Crippen molar-refractivity contribution in [2.75, 3.05) is 12.4 Å². The summed E-state index contributed by atoms with van der Waals surface area (Å²) in [5, 5.41) is 12.6. The molecule has 0 heterocycles. The van der Waals surface area contributed by atoms with Crippen LogP contribution < -0.4 is 10.1 Å². The van der Waals surface area contributed by atoms with Gasteiger partial charge in [-0.05, 0) is 49.2 Å². The molecule has 2 aromatic carbocycles. The molecule has 2 rings (SSSR count). The van der Waals surface area contributed by atoms with E-state index in [1.54, 1.807) is 7.11 Å². The van der Waals surface area contributed by atoms with Gasteiger partial charge in [-0.15, -0.1) is 0 Å². The van der Waals surface area contributed by atoms with Crippen LogP contribution in [0.1, 0.15) is 18.1 Å². The van der Waals surface area contributed by atoms with Crippen LogP contribution in [-0.2, 0) is 6.42 Å². The van der Waals surface area contributed by atoms with E-state index in [1.165, 1.54) is 5.56 Å². The molecular formula is C17H17BrN2O. The zero-order chi connectivity index (χ0) is 15.2. The van der Waals surface area contributed by atoms with Crippen molar-refractivity contribution in [3.8, 4) is 11.8 Å². The van der Waals surface area contributed by atoms with E-state index >= 15 is 0 Å². The summed E-state index contributed by atoms with van der Waals surface area (Å²) in [6.07, 6.45) is 0.880. The fraction of sp³-hybridized carbons (Fsp3) is 0.235. The molecule has 0 radical (unpaired) electrons. The maximum absolute atomic E-state index is 9.18. The molecule has 0 aliphatic rings. The van der Waals surface area contributed by atoms with Crippen LogP contribution in [0.5, 0.6) is 5.75 Å². The molecule has 108 valence electrons. The van der Waals surface area contributed by atoms with Crippen molar-refractivity contribution in [2.45, 2.75) is 19.4 Å². The Morgan fingerprint density at radius 1 is 1.24 bits per heavy atom. The highest BCUT2D eigenvalue weighted by atomic mass is 79.9. The molecule has 0 saturated heterocycles. The van der Waals surface area contributed by atoms with E-state index in [0.29, 0.717) is 5.56 Å². The van der Waals surface area contributed by atoms with Gasteiger partial charge in [-0.1, -0.05) is 28.1 Å². The van der Waals surface area contributed by atoms with Gasteiger partial charge in [0.25, 0.3) is 0 Å². The third-order valence-corrected chi connectivity index (χ3v) is 3.70. The maximum Gasteiger partial charge on any atom is 0.118 e. The lowest BCUT2D eigenvalue weighted by Crippen LogP contribution is -2.18. The predicted octanol–water partition coefficient (Wildman–Crippen LogP) is 4.37. The Kier molecular flexibility index (Phi) is 5.24. The number of hydrogen-bond donors (Lipinski definition) is 1. The molecule has 4 heteroatoms. The van der Waals surface area contributed by atoms with Gasteiger partial charge in [-0.2, -0.15) is 5.26 Å². The SMILES string of the molecule is COc1ccc(CC(C)Nc2ccc(Br)cc2C#N)cc1. The molecule has 0 bridgehead atoms. The van der Waals surface area contributed by atoms with Crippen LogP contribution in [0.2, 0.25) is 0 Å². The Labute approximate surface area is 133 Å². The monoisotopic (exact) mass is 344 g/mol. The summed E-state index contributed by atoms with van der Waals surface area (Å²) in [4.78, 5) is 0. The van der Waals surface area contributed by atoms with Crippen molar-refractivity contribution in [1.29, 1.82) is 5.26 Å². The second-order valence-corrected chi connectivity index (χ2v) is 5.81. The second-order valence-electron chi connectivity index (χ2n) is 4.90. The Morgan fingerprint density at radius 2 is 1.95 bits per heavy atom. The van der Waals surface area contributed by atoms with Gasteiger partial charge in [0, 0.05) is 10.5 Å². The van der Waals surface area contributed by atoms with Crippen molar-refractivity contribution in [1.82, 2.24) is 0 Å². The third-order valence-electron chi connectivity index (χ3n) is 3.20. The summed E-state index contributed by atoms with van der Waals surface area (Å²) in [7, 11) is 1.66. The number of methoxy groups -OCH3 is 1. The number of nitriles is 1. The number of ether oxygens (including phenoxy) is 1. The summed E-state index contributed by atoms with van der Waals surface area (Å²) in [5.41, 5.74) is 2.74. The summed E-state index contributed by atoms with van der Waals surface area (Å²) >= 11 is 3.38. The molecule has 3 nitrogen and oxygen atoms in total. The molecule has 0 fully saturated rings. The van der Waals surface area contributed by atoms with Gasteiger partial charge >= 0.3 is 0 Å². The van der Waals surface area contributed by atoms with Crippen molar-refractivity contribution in [3.05, 3.63) is 58.1 Å². The van der Waals surface area contributed by atoms with Gasteiger partial charge in [-0.25, -0.2) is 0 Å². The number of nitrogens with zero attached hydrogens (tertiary/aromatic N) is 1. The van der Waals surface area contributed by atoms with E-state index in [4.69, 9.17) is 4.74 Å². The maximum atomic E-state index is 9.18. The quantitative estimate of drug-likeness (QED) is 0.875. The number of rotatable bonds is 5. The van der Waals surface area contributed by atoms with Gasteiger partial charge in [0.2, 0.25) is 0 Å². The molecule has 0 aliphatic carbocycles. The van der Waals surface area contributed by atoms with E-state index in [-0.39, 0.29) is 6.04 Å². The zero-order valence-corrected chi connectivity index (χ0v) is 13.6. The molecule has 0 aromatic heterocycles. The van der Waals surface area contributed by atoms with Crippen LogP contribution in [0.3, 0.4) is 0 Å². The van der Waals surface area contributed by atoms with Crippen LogP contribution in [-0.4, -0.2) is 13.2 Å². The van der Waals surface area contributed by atoms with Crippen LogP contribution >= 0.6 is 15.9 Å². The van der Waals surface area contributed by atoms with Gasteiger partial charge in [0.15, 0.2) is 0 Å². The van der Waals surface area contributed by atoms with Gasteiger partial charge in [-0.3, -0.25) is 0 Å². The van der Waals surface area contributed by atoms with E-state index in [9.17, 15) is 5.26 Å². The van der Waals surface area contributed by atoms with Crippen molar-refractivity contribution in [2.24, 2.45) is 0 Å². The van der Waals surface area contributed by atoms with Crippen LogP contribution in [0.25, 0.3) is 0 Å². The normalized spacial score (nSPS) is 11.5. The molecule has 0 spiro atoms. The molecule has 2 aromatic rings.